The Hall–Kier alpha value is -0.570. The first-order valence-corrected chi connectivity index (χ1v) is 7.87. The van der Waals surface area contributed by atoms with Gasteiger partial charge in [-0.25, -0.2) is 0 Å². The summed E-state index contributed by atoms with van der Waals surface area (Å²) in [4.78, 5) is 4.57. The Morgan fingerprint density at radius 3 is 2.37 bits per heavy atom. The van der Waals surface area contributed by atoms with Gasteiger partial charge in [0.1, 0.15) is 5.88 Å². The second-order valence-corrected chi connectivity index (χ2v) is 8.32. The van der Waals surface area contributed by atoms with Gasteiger partial charge in [0.25, 0.3) is 0 Å². The number of nitrogens with zero attached hydrogens (tertiary/aromatic N) is 2. The molecule has 19 heavy (non-hydrogen) atoms. The van der Waals surface area contributed by atoms with Crippen molar-refractivity contribution in [2.45, 2.75) is 63.7 Å². The van der Waals surface area contributed by atoms with Gasteiger partial charge in [-0.05, 0) is 55.3 Å². The second kappa shape index (κ2) is 3.55. The van der Waals surface area contributed by atoms with Crippen molar-refractivity contribution < 1.29 is 4.52 Å². The zero-order valence-electron chi connectivity index (χ0n) is 11.7. The highest BCUT2D eigenvalue weighted by molar-refractivity contribution is 6.16. The minimum atomic E-state index is 0.163. The van der Waals surface area contributed by atoms with Crippen molar-refractivity contribution in [3.05, 3.63) is 11.7 Å². The van der Waals surface area contributed by atoms with Gasteiger partial charge in [0.2, 0.25) is 5.89 Å². The molecule has 4 fully saturated rings. The summed E-state index contributed by atoms with van der Waals surface area (Å²) in [5.41, 5.74) is 1.13. The van der Waals surface area contributed by atoms with E-state index in [0.29, 0.717) is 22.6 Å². The first kappa shape index (κ1) is 12.2. The molecule has 4 bridgehead atoms. The zero-order chi connectivity index (χ0) is 13.3. The highest BCUT2D eigenvalue weighted by atomic mass is 35.5. The van der Waals surface area contributed by atoms with Crippen molar-refractivity contribution in [1.82, 2.24) is 10.1 Å². The SMILES string of the molecule is CC12CC3CC(C)(C1)CC(c1noc(CCl)n1)(C3)C2. The van der Waals surface area contributed by atoms with E-state index in [0.717, 1.165) is 11.7 Å². The van der Waals surface area contributed by atoms with Gasteiger partial charge in [-0.3, -0.25) is 0 Å². The van der Waals surface area contributed by atoms with Crippen molar-refractivity contribution in [3.63, 3.8) is 0 Å². The molecule has 1 heterocycles. The molecule has 0 radical (unpaired) electrons. The third-order valence-corrected chi connectivity index (χ3v) is 5.91. The van der Waals surface area contributed by atoms with Crippen LogP contribution in [-0.2, 0) is 11.3 Å². The Labute approximate surface area is 119 Å². The summed E-state index contributed by atoms with van der Waals surface area (Å²) < 4.78 is 5.28. The third kappa shape index (κ3) is 1.70. The monoisotopic (exact) mass is 280 g/mol. The first-order valence-electron chi connectivity index (χ1n) is 7.34. The Morgan fingerprint density at radius 1 is 1.16 bits per heavy atom. The topological polar surface area (TPSA) is 38.9 Å². The van der Waals surface area contributed by atoms with Gasteiger partial charge in [-0.1, -0.05) is 19.0 Å². The van der Waals surface area contributed by atoms with E-state index in [2.05, 4.69) is 24.0 Å². The maximum atomic E-state index is 5.81. The molecule has 4 heteroatoms. The Balaban J connectivity index is 1.78. The summed E-state index contributed by atoms with van der Waals surface area (Å²) >= 11 is 5.81. The van der Waals surface area contributed by atoms with Crippen LogP contribution in [0.2, 0.25) is 0 Å². The highest BCUT2D eigenvalue weighted by Gasteiger charge is 2.62. The Bertz CT molecular complexity index is 508. The molecule has 1 aromatic rings. The molecule has 104 valence electrons. The number of hydrogen-bond acceptors (Lipinski definition) is 3. The number of aromatic nitrogens is 2. The minimum Gasteiger partial charge on any atom is -0.338 e. The van der Waals surface area contributed by atoms with E-state index < -0.39 is 0 Å². The van der Waals surface area contributed by atoms with Gasteiger partial charge >= 0.3 is 0 Å². The van der Waals surface area contributed by atoms with Crippen LogP contribution in [0.1, 0.15) is 64.1 Å². The fourth-order valence-electron chi connectivity index (χ4n) is 6.22. The molecular formula is C15H21ClN2O. The summed E-state index contributed by atoms with van der Waals surface area (Å²) in [7, 11) is 0. The number of halogens is 1. The first-order chi connectivity index (χ1) is 8.94. The van der Waals surface area contributed by atoms with Gasteiger partial charge in [-0.15, -0.1) is 11.6 Å². The van der Waals surface area contributed by atoms with Crippen LogP contribution in [0.3, 0.4) is 0 Å². The van der Waals surface area contributed by atoms with Crippen molar-refractivity contribution >= 4 is 11.6 Å². The molecule has 1 aromatic heterocycles. The van der Waals surface area contributed by atoms with Gasteiger partial charge in [0.05, 0.1) is 0 Å². The lowest BCUT2D eigenvalue weighted by atomic mass is 9.40. The molecule has 4 saturated carbocycles. The molecule has 0 N–H and O–H groups in total. The van der Waals surface area contributed by atoms with Crippen LogP contribution in [0.25, 0.3) is 0 Å². The van der Waals surface area contributed by atoms with Crippen LogP contribution in [0, 0.1) is 16.7 Å². The molecule has 0 aliphatic heterocycles. The molecule has 2 unspecified atom stereocenters. The molecule has 2 atom stereocenters. The van der Waals surface area contributed by atoms with Crippen LogP contribution in [0.5, 0.6) is 0 Å². The minimum absolute atomic E-state index is 0.163. The molecule has 5 rings (SSSR count). The fourth-order valence-corrected chi connectivity index (χ4v) is 6.33. The molecule has 0 aromatic carbocycles. The van der Waals surface area contributed by atoms with Crippen LogP contribution < -0.4 is 0 Å². The molecule has 0 spiro atoms. The van der Waals surface area contributed by atoms with E-state index >= 15 is 0 Å². The highest BCUT2D eigenvalue weighted by Crippen LogP contribution is 2.69. The van der Waals surface area contributed by atoms with Crippen LogP contribution in [-0.4, -0.2) is 10.1 Å². The largest absolute Gasteiger partial charge is 0.338 e. The van der Waals surface area contributed by atoms with E-state index in [4.69, 9.17) is 16.1 Å². The summed E-state index contributed by atoms with van der Waals surface area (Å²) in [5.74, 6) is 2.68. The van der Waals surface area contributed by atoms with Crippen molar-refractivity contribution in [2.75, 3.05) is 0 Å². The van der Waals surface area contributed by atoms with E-state index in [9.17, 15) is 0 Å². The molecular weight excluding hydrogens is 260 g/mol. The standard InChI is InChI=1S/C15H21ClN2O/c1-13-3-10-4-14(2,7-13)9-15(5-10,8-13)12-17-11(6-16)19-18-12/h10H,3-9H2,1-2H3. The molecule has 0 amide bonds. The van der Waals surface area contributed by atoms with Gasteiger partial charge in [0.15, 0.2) is 5.82 Å². The third-order valence-electron chi connectivity index (χ3n) is 5.68. The maximum Gasteiger partial charge on any atom is 0.241 e. The van der Waals surface area contributed by atoms with E-state index in [1.54, 1.807) is 0 Å². The smallest absolute Gasteiger partial charge is 0.241 e. The average molecular weight is 281 g/mol. The predicted octanol–water partition coefficient (Wildman–Crippen LogP) is 4.06. The van der Waals surface area contributed by atoms with Crippen molar-refractivity contribution in [1.29, 1.82) is 0 Å². The Kier molecular flexibility index (Phi) is 2.27. The fraction of sp³-hybridized carbons (Fsp3) is 0.867. The number of rotatable bonds is 2. The molecule has 4 aliphatic carbocycles. The lowest BCUT2D eigenvalue weighted by Gasteiger charge is -2.64. The van der Waals surface area contributed by atoms with Gasteiger partial charge < -0.3 is 4.52 Å². The van der Waals surface area contributed by atoms with E-state index in [1.807, 2.05) is 0 Å². The second-order valence-electron chi connectivity index (χ2n) is 8.06. The van der Waals surface area contributed by atoms with E-state index in [-0.39, 0.29) is 5.41 Å². The van der Waals surface area contributed by atoms with Crippen LogP contribution in [0.15, 0.2) is 4.52 Å². The lowest BCUT2D eigenvalue weighted by molar-refractivity contribution is -0.113. The maximum absolute atomic E-state index is 5.81. The van der Waals surface area contributed by atoms with Gasteiger partial charge in [-0.2, -0.15) is 4.98 Å². The molecule has 4 aliphatic rings. The van der Waals surface area contributed by atoms with Crippen molar-refractivity contribution in [3.8, 4) is 0 Å². The lowest BCUT2D eigenvalue weighted by Crippen LogP contribution is -2.57. The summed E-state index contributed by atoms with van der Waals surface area (Å²) in [6.45, 7) is 4.93. The Morgan fingerprint density at radius 2 is 1.84 bits per heavy atom. The van der Waals surface area contributed by atoms with Crippen molar-refractivity contribution in [2.24, 2.45) is 16.7 Å². The van der Waals surface area contributed by atoms with E-state index in [1.165, 1.54) is 38.5 Å². The summed E-state index contributed by atoms with van der Waals surface area (Å²) in [6.07, 6.45) is 7.87. The molecule has 0 saturated heterocycles. The predicted molar refractivity (Wildman–Crippen MR) is 72.9 cm³/mol. The number of hydrogen-bond donors (Lipinski definition) is 0. The number of alkyl halides is 1. The average Bonchev–Trinajstić information content (AvgIpc) is 2.72. The van der Waals surface area contributed by atoms with Crippen LogP contribution in [0.4, 0.5) is 0 Å². The normalized spacial score (nSPS) is 47.8. The van der Waals surface area contributed by atoms with Crippen LogP contribution >= 0.6 is 11.6 Å². The van der Waals surface area contributed by atoms with Gasteiger partial charge in [0, 0.05) is 5.41 Å². The zero-order valence-corrected chi connectivity index (χ0v) is 12.5. The summed E-state index contributed by atoms with van der Waals surface area (Å²) in [5, 5.41) is 4.27. The summed E-state index contributed by atoms with van der Waals surface area (Å²) in [6, 6.07) is 0. The quantitative estimate of drug-likeness (QED) is 0.767. The molecule has 3 nitrogen and oxygen atoms in total.